The number of carbonyl (C=O) groups excluding carboxylic acids is 2. The van der Waals surface area contributed by atoms with Gasteiger partial charge >= 0.3 is 0 Å². The molecule has 0 bridgehead atoms. The second-order valence-electron chi connectivity index (χ2n) is 16.6. The highest BCUT2D eigenvalue weighted by atomic mass is 16.5. The Balaban J connectivity index is 4.00. The molecule has 0 radical (unpaired) electrons. The summed E-state index contributed by atoms with van der Waals surface area (Å²) in [5.74, 6) is 0.164. The van der Waals surface area contributed by atoms with Gasteiger partial charge in [-0.25, -0.2) is 0 Å². The lowest BCUT2D eigenvalue weighted by Crippen LogP contribution is -2.41. The maximum atomic E-state index is 12.6. The predicted molar refractivity (Wildman–Crippen MR) is 187 cm³/mol. The highest BCUT2D eigenvalue weighted by Crippen LogP contribution is 2.24. The molecule has 2 amide bonds. The first-order valence-corrected chi connectivity index (χ1v) is 17.9. The number of hydrogen-bond acceptors (Lipinski definition) is 5. The molecule has 0 aliphatic carbocycles. The van der Waals surface area contributed by atoms with E-state index in [0.29, 0.717) is 58.9 Å². The summed E-state index contributed by atoms with van der Waals surface area (Å²) in [4.78, 5) is 25.0. The minimum absolute atomic E-state index is 0.0244. The maximum absolute atomic E-state index is 12.6. The van der Waals surface area contributed by atoms with Gasteiger partial charge in [0.05, 0.1) is 26.4 Å². The quantitative estimate of drug-likeness (QED) is 0.0728. The fourth-order valence-corrected chi connectivity index (χ4v) is 4.98. The average Bonchev–Trinajstić information content (AvgIpc) is 2.92. The first-order chi connectivity index (χ1) is 20.5. The summed E-state index contributed by atoms with van der Waals surface area (Å²) in [6.45, 7) is 22.8. The molecule has 0 atom stereocenters. The van der Waals surface area contributed by atoms with Gasteiger partial charge in [-0.1, -0.05) is 139 Å². The lowest BCUT2D eigenvalue weighted by Gasteiger charge is -2.30. The van der Waals surface area contributed by atoms with Gasteiger partial charge in [-0.15, -0.1) is 0 Å². The monoisotopic (exact) mass is 626 g/mol. The van der Waals surface area contributed by atoms with E-state index in [1.807, 2.05) is 0 Å². The SMILES string of the molecule is CCCCCCCCCCCCCCCC(=O)NCC(C)(C)COCC(C)(C)CNC(=O)CC(C)(C)COCC(C)(C)CN. The van der Waals surface area contributed by atoms with E-state index in [9.17, 15) is 9.59 Å². The van der Waals surface area contributed by atoms with Crippen molar-refractivity contribution in [3.63, 3.8) is 0 Å². The molecule has 0 unspecified atom stereocenters. The third-order valence-electron chi connectivity index (χ3n) is 8.20. The van der Waals surface area contributed by atoms with Crippen molar-refractivity contribution >= 4 is 11.8 Å². The number of nitrogens with two attached hydrogens (primary N) is 1. The van der Waals surface area contributed by atoms with E-state index >= 15 is 0 Å². The Kier molecular flexibility index (Phi) is 22.6. The van der Waals surface area contributed by atoms with Crippen LogP contribution in [0.25, 0.3) is 0 Å². The molecular weight excluding hydrogens is 550 g/mol. The standard InChI is InChI=1S/C37H75N3O4/c1-10-11-12-13-14-15-16-17-18-19-20-21-22-23-32(41)39-26-36(6,7)30-44-31-37(8,9)27-40-33(42)24-34(2,3)28-43-29-35(4,5)25-38/h10-31,38H2,1-9H3,(H,39,41)(H,40,42). The summed E-state index contributed by atoms with van der Waals surface area (Å²) in [6.07, 6.45) is 18.0. The Hall–Kier alpha value is -1.18. The molecule has 0 rings (SSSR count). The molecule has 0 spiro atoms. The van der Waals surface area contributed by atoms with Crippen LogP contribution in [-0.4, -0.2) is 57.9 Å². The molecule has 4 N–H and O–H groups in total. The van der Waals surface area contributed by atoms with Gasteiger partial charge in [-0.3, -0.25) is 9.59 Å². The number of amides is 2. The molecular formula is C37H75N3O4. The molecule has 0 fully saturated rings. The molecule has 262 valence electrons. The lowest BCUT2D eigenvalue weighted by atomic mass is 9.89. The van der Waals surface area contributed by atoms with Crippen molar-refractivity contribution in [1.29, 1.82) is 0 Å². The minimum Gasteiger partial charge on any atom is -0.380 e. The molecule has 0 aliphatic rings. The number of rotatable bonds is 29. The first kappa shape index (κ1) is 42.8. The van der Waals surface area contributed by atoms with Gasteiger partial charge in [0.15, 0.2) is 0 Å². The van der Waals surface area contributed by atoms with Crippen molar-refractivity contribution in [3.05, 3.63) is 0 Å². The summed E-state index contributed by atoms with van der Waals surface area (Å²) in [5, 5.41) is 6.19. The summed E-state index contributed by atoms with van der Waals surface area (Å²) in [7, 11) is 0. The third-order valence-corrected chi connectivity index (χ3v) is 8.20. The summed E-state index contributed by atoms with van der Waals surface area (Å²) in [6, 6.07) is 0. The van der Waals surface area contributed by atoms with Crippen LogP contribution in [0.2, 0.25) is 0 Å². The third kappa shape index (κ3) is 26.1. The zero-order valence-corrected chi connectivity index (χ0v) is 30.8. The van der Waals surface area contributed by atoms with Crippen LogP contribution in [0.5, 0.6) is 0 Å². The molecule has 7 heteroatoms. The van der Waals surface area contributed by atoms with E-state index in [2.05, 4.69) is 72.9 Å². The van der Waals surface area contributed by atoms with Crippen molar-refractivity contribution in [3.8, 4) is 0 Å². The summed E-state index contributed by atoms with van der Waals surface area (Å²) < 4.78 is 11.9. The van der Waals surface area contributed by atoms with Crippen molar-refractivity contribution in [2.24, 2.45) is 27.4 Å². The average molecular weight is 626 g/mol. The zero-order chi connectivity index (χ0) is 33.5. The Morgan fingerprint density at radius 1 is 0.523 bits per heavy atom. The maximum Gasteiger partial charge on any atom is 0.220 e. The molecule has 7 nitrogen and oxygen atoms in total. The van der Waals surface area contributed by atoms with E-state index in [1.165, 1.54) is 70.6 Å². The smallest absolute Gasteiger partial charge is 0.220 e. The Morgan fingerprint density at radius 2 is 0.886 bits per heavy atom. The van der Waals surface area contributed by atoms with Gasteiger partial charge in [0, 0.05) is 42.2 Å². The molecule has 44 heavy (non-hydrogen) atoms. The van der Waals surface area contributed by atoms with Crippen LogP contribution in [0.1, 0.15) is 159 Å². The Morgan fingerprint density at radius 3 is 1.32 bits per heavy atom. The molecule has 0 aromatic rings. The molecule has 0 aromatic heterocycles. The lowest BCUT2D eigenvalue weighted by molar-refractivity contribution is -0.125. The fraction of sp³-hybridized carbons (Fsp3) is 0.946. The number of nitrogens with one attached hydrogen (secondary N) is 2. The molecule has 0 saturated heterocycles. The van der Waals surface area contributed by atoms with E-state index in [0.717, 1.165) is 12.8 Å². The van der Waals surface area contributed by atoms with Crippen molar-refractivity contribution in [1.82, 2.24) is 10.6 Å². The topological polar surface area (TPSA) is 103 Å². The predicted octanol–water partition coefficient (Wildman–Crippen LogP) is 8.19. The largest absolute Gasteiger partial charge is 0.380 e. The highest BCUT2D eigenvalue weighted by molar-refractivity contribution is 5.76. The summed E-state index contributed by atoms with van der Waals surface area (Å²) in [5.41, 5.74) is 5.11. The second-order valence-corrected chi connectivity index (χ2v) is 16.6. The second kappa shape index (κ2) is 23.2. The van der Waals surface area contributed by atoms with Crippen LogP contribution >= 0.6 is 0 Å². The van der Waals surface area contributed by atoms with Crippen LogP contribution in [0, 0.1) is 21.7 Å². The number of ether oxygens (including phenoxy) is 2. The van der Waals surface area contributed by atoms with Gasteiger partial charge in [0.2, 0.25) is 11.8 Å². The van der Waals surface area contributed by atoms with Crippen LogP contribution < -0.4 is 16.4 Å². The number of unbranched alkanes of at least 4 members (excludes halogenated alkanes) is 12. The number of hydrogen-bond donors (Lipinski definition) is 3. The highest BCUT2D eigenvalue weighted by Gasteiger charge is 2.27. The van der Waals surface area contributed by atoms with Crippen molar-refractivity contribution in [2.75, 3.05) is 46.1 Å². The van der Waals surface area contributed by atoms with Gasteiger partial charge in [0.25, 0.3) is 0 Å². The zero-order valence-electron chi connectivity index (χ0n) is 30.8. The van der Waals surface area contributed by atoms with Gasteiger partial charge < -0.3 is 25.8 Å². The number of carbonyl (C=O) groups is 2. The summed E-state index contributed by atoms with van der Waals surface area (Å²) >= 11 is 0. The minimum atomic E-state index is -0.253. The fourth-order valence-electron chi connectivity index (χ4n) is 4.98. The van der Waals surface area contributed by atoms with Crippen LogP contribution in [0.15, 0.2) is 0 Å². The first-order valence-electron chi connectivity index (χ1n) is 17.9. The van der Waals surface area contributed by atoms with E-state index < -0.39 is 0 Å². The van der Waals surface area contributed by atoms with Crippen molar-refractivity contribution in [2.45, 2.75) is 159 Å². The van der Waals surface area contributed by atoms with E-state index in [-0.39, 0.29) is 33.5 Å². The molecule has 0 aromatic carbocycles. The van der Waals surface area contributed by atoms with E-state index in [4.69, 9.17) is 15.2 Å². The van der Waals surface area contributed by atoms with Gasteiger partial charge in [-0.05, 0) is 18.4 Å². The van der Waals surface area contributed by atoms with Gasteiger partial charge in [-0.2, -0.15) is 0 Å². The Bertz CT molecular complexity index is 749. The van der Waals surface area contributed by atoms with Crippen LogP contribution in [-0.2, 0) is 19.1 Å². The van der Waals surface area contributed by atoms with Crippen LogP contribution in [0.4, 0.5) is 0 Å². The van der Waals surface area contributed by atoms with E-state index in [1.54, 1.807) is 0 Å². The molecule has 0 aliphatic heterocycles. The van der Waals surface area contributed by atoms with Crippen LogP contribution in [0.3, 0.4) is 0 Å². The normalized spacial score (nSPS) is 12.9. The van der Waals surface area contributed by atoms with Crippen molar-refractivity contribution < 1.29 is 19.1 Å². The van der Waals surface area contributed by atoms with Gasteiger partial charge in [0.1, 0.15) is 0 Å². The molecule has 0 saturated carbocycles. The Labute approximate surface area is 273 Å². The molecule has 0 heterocycles.